The average Bonchev–Trinajstić information content (AvgIpc) is 2.60. The van der Waals surface area contributed by atoms with Crippen molar-refractivity contribution in [3.8, 4) is 0 Å². The zero-order valence-corrected chi connectivity index (χ0v) is 11.5. The van der Waals surface area contributed by atoms with Crippen LogP contribution in [0.15, 0.2) is 15.9 Å². The summed E-state index contributed by atoms with van der Waals surface area (Å²) in [6, 6.07) is 4.59. The molecular weight excluding hydrogens is 272 g/mol. The van der Waals surface area contributed by atoms with E-state index in [0.29, 0.717) is 6.04 Å². The predicted octanol–water partition coefficient (Wildman–Crippen LogP) is 3.12. The molecule has 0 bridgehead atoms. The third-order valence-electron chi connectivity index (χ3n) is 2.28. The second-order valence-electron chi connectivity index (χ2n) is 3.72. The fourth-order valence-electron chi connectivity index (χ4n) is 1.46. The number of thiophene rings is 1. The summed E-state index contributed by atoms with van der Waals surface area (Å²) >= 11 is 5.24. The highest BCUT2D eigenvalue weighted by molar-refractivity contribution is 9.11. The molecule has 0 aliphatic carbocycles. The van der Waals surface area contributed by atoms with Crippen molar-refractivity contribution in [1.82, 2.24) is 5.32 Å². The number of rotatable bonds is 7. The summed E-state index contributed by atoms with van der Waals surface area (Å²) in [6.07, 6.45) is 3.38. The van der Waals surface area contributed by atoms with Gasteiger partial charge in [-0.25, -0.2) is 0 Å². The first kappa shape index (κ1) is 13.2. The molecule has 0 radical (unpaired) electrons. The van der Waals surface area contributed by atoms with E-state index in [0.717, 1.165) is 25.9 Å². The van der Waals surface area contributed by atoms with Gasteiger partial charge in [0.1, 0.15) is 0 Å². The van der Waals surface area contributed by atoms with Gasteiger partial charge in [0.2, 0.25) is 0 Å². The van der Waals surface area contributed by atoms with Gasteiger partial charge in [-0.3, -0.25) is 0 Å². The van der Waals surface area contributed by atoms with Crippen LogP contribution in [0.5, 0.6) is 0 Å². The third-order valence-corrected chi connectivity index (χ3v) is 3.90. The van der Waals surface area contributed by atoms with Gasteiger partial charge in [0.15, 0.2) is 0 Å². The van der Waals surface area contributed by atoms with Crippen molar-refractivity contribution in [2.24, 2.45) is 5.73 Å². The molecule has 1 heterocycles. The van der Waals surface area contributed by atoms with E-state index >= 15 is 0 Å². The first-order chi connectivity index (χ1) is 7.22. The van der Waals surface area contributed by atoms with Crippen molar-refractivity contribution in [3.63, 3.8) is 0 Å². The normalized spacial score (nSPS) is 13.0. The first-order valence-corrected chi connectivity index (χ1v) is 7.04. The van der Waals surface area contributed by atoms with E-state index < -0.39 is 0 Å². The zero-order chi connectivity index (χ0) is 11.1. The molecule has 1 aromatic rings. The van der Waals surface area contributed by atoms with Crippen LogP contribution < -0.4 is 11.1 Å². The van der Waals surface area contributed by atoms with Crippen LogP contribution in [0, 0.1) is 0 Å². The lowest BCUT2D eigenvalue weighted by atomic mass is 10.1. The molecule has 0 spiro atoms. The molecule has 86 valence electrons. The quantitative estimate of drug-likeness (QED) is 0.758. The van der Waals surface area contributed by atoms with Gasteiger partial charge in [0.05, 0.1) is 3.79 Å². The van der Waals surface area contributed by atoms with Crippen LogP contribution in [0.25, 0.3) is 0 Å². The maximum atomic E-state index is 5.92. The molecule has 0 aromatic carbocycles. The second kappa shape index (κ2) is 7.39. The summed E-state index contributed by atoms with van der Waals surface area (Å²) in [4.78, 5) is 1.37. The fourth-order valence-corrected chi connectivity index (χ4v) is 2.91. The van der Waals surface area contributed by atoms with E-state index in [-0.39, 0.29) is 0 Å². The Morgan fingerprint density at radius 2 is 2.27 bits per heavy atom. The van der Waals surface area contributed by atoms with Crippen LogP contribution in [0.4, 0.5) is 0 Å². The number of halogens is 1. The summed E-state index contributed by atoms with van der Waals surface area (Å²) in [5.41, 5.74) is 5.92. The highest BCUT2D eigenvalue weighted by atomic mass is 79.9. The zero-order valence-electron chi connectivity index (χ0n) is 9.13. The number of hydrogen-bond donors (Lipinski definition) is 2. The number of nitrogens with one attached hydrogen (secondary N) is 1. The highest BCUT2D eigenvalue weighted by Crippen LogP contribution is 2.21. The van der Waals surface area contributed by atoms with E-state index in [4.69, 9.17) is 5.73 Å². The monoisotopic (exact) mass is 290 g/mol. The molecule has 0 saturated carbocycles. The maximum Gasteiger partial charge on any atom is 0.0701 e. The fraction of sp³-hybridized carbons (Fsp3) is 0.636. The van der Waals surface area contributed by atoms with Gasteiger partial charge in [0.25, 0.3) is 0 Å². The molecule has 4 heteroatoms. The molecule has 2 nitrogen and oxygen atoms in total. The SMILES string of the molecule is CCCC(N)CCNCc1ccc(Br)s1. The summed E-state index contributed by atoms with van der Waals surface area (Å²) < 4.78 is 1.20. The molecule has 0 fully saturated rings. The Hall–Kier alpha value is 0.1000. The van der Waals surface area contributed by atoms with Crippen molar-refractivity contribution in [2.45, 2.75) is 38.8 Å². The van der Waals surface area contributed by atoms with E-state index in [1.54, 1.807) is 11.3 Å². The van der Waals surface area contributed by atoms with Crippen LogP contribution in [-0.2, 0) is 6.54 Å². The van der Waals surface area contributed by atoms with Gasteiger partial charge < -0.3 is 11.1 Å². The molecule has 15 heavy (non-hydrogen) atoms. The number of nitrogens with two attached hydrogens (primary N) is 1. The molecule has 3 N–H and O–H groups in total. The van der Waals surface area contributed by atoms with E-state index in [1.807, 2.05) is 0 Å². The Labute approximate surface area is 104 Å². The minimum Gasteiger partial charge on any atom is -0.328 e. The lowest BCUT2D eigenvalue weighted by Crippen LogP contribution is -2.26. The van der Waals surface area contributed by atoms with Crippen LogP contribution >= 0.6 is 27.3 Å². The molecule has 1 aromatic heterocycles. The Kier molecular flexibility index (Phi) is 6.48. The van der Waals surface area contributed by atoms with Crippen molar-refractivity contribution in [3.05, 3.63) is 20.8 Å². The average molecular weight is 291 g/mol. The molecule has 1 unspecified atom stereocenters. The van der Waals surface area contributed by atoms with Gasteiger partial charge in [-0.1, -0.05) is 13.3 Å². The van der Waals surface area contributed by atoms with Crippen molar-refractivity contribution < 1.29 is 0 Å². The first-order valence-electron chi connectivity index (χ1n) is 5.43. The van der Waals surface area contributed by atoms with E-state index in [9.17, 15) is 0 Å². The van der Waals surface area contributed by atoms with Gasteiger partial charge in [0, 0.05) is 17.5 Å². The molecule has 0 amide bonds. The standard InChI is InChI=1S/C11H19BrN2S/c1-2-3-9(13)6-7-14-8-10-4-5-11(12)15-10/h4-5,9,14H,2-3,6-8,13H2,1H3. The van der Waals surface area contributed by atoms with Crippen LogP contribution in [-0.4, -0.2) is 12.6 Å². The van der Waals surface area contributed by atoms with Crippen LogP contribution in [0.1, 0.15) is 31.1 Å². The lowest BCUT2D eigenvalue weighted by Gasteiger charge is -2.10. The lowest BCUT2D eigenvalue weighted by molar-refractivity contribution is 0.528. The van der Waals surface area contributed by atoms with Crippen LogP contribution in [0.3, 0.4) is 0 Å². The van der Waals surface area contributed by atoms with E-state index in [1.165, 1.54) is 15.1 Å². The Bertz CT molecular complexity index is 275. The van der Waals surface area contributed by atoms with Crippen molar-refractivity contribution in [1.29, 1.82) is 0 Å². The number of hydrogen-bond acceptors (Lipinski definition) is 3. The van der Waals surface area contributed by atoms with Crippen molar-refractivity contribution in [2.75, 3.05) is 6.54 Å². The summed E-state index contributed by atoms with van der Waals surface area (Å²) in [5.74, 6) is 0. The Morgan fingerprint density at radius 3 is 2.87 bits per heavy atom. The second-order valence-corrected chi connectivity index (χ2v) is 6.27. The highest BCUT2D eigenvalue weighted by Gasteiger charge is 2.01. The van der Waals surface area contributed by atoms with Crippen LogP contribution in [0.2, 0.25) is 0 Å². The van der Waals surface area contributed by atoms with Gasteiger partial charge in [-0.2, -0.15) is 0 Å². The molecule has 0 aliphatic rings. The summed E-state index contributed by atoms with van der Waals surface area (Å²) in [7, 11) is 0. The molecule has 1 atom stereocenters. The largest absolute Gasteiger partial charge is 0.328 e. The van der Waals surface area contributed by atoms with E-state index in [2.05, 4.69) is 40.3 Å². The topological polar surface area (TPSA) is 38.0 Å². The third kappa shape index (κ3) is 5.66. The van der Waals surface area contributed by atoms with Crippen molar-refractivity contribution >= 4 is 27.3 Å². The van der Waals surface area contributed by atoms with Gasteiger partial charge >= 0.3 is 0 Å². The smallest absolute Gasteiger partial charge is 0.0701 e. The van der Waals surface area contributed by atoms with Gasteiger partial charge in [-0.15, -0.1) is 11.3 Å². The molecule has 0 aliphatic heterocycles. The maximum absolute atomic E-state index is 5.92. The molecular formula is C11H19BrN2S. The summed E-state index contributed by atoms with van der Waals surface area (Å²) in [5, 5.41) is 3.41. The van der Waals surface area contributed by atoms with Gasteiger partial charge in [-0.05, 0) is 47.4 Å². The Balaban J connectivity index is 2.06. The predicted molar refractivity (Wildman–Crippen MR) is 71.2 cm³/mol. The summed E-state index contributed by atoms with van der Waals surface area (Å²) in [6.45, 7) is 4.14. The Morgan fingerprint density at radius 1 is 1.47 bits per heavy atom. The molecule has 1 rings (SSSR count). The molecule has 0 saturated heterocycles. The minimum absolute atomic E-state index is 0.359. The minimum atomic E-state index is 0.359.